The van der Waals surface area contributed by atoms with Gasteiger partial charge in [0.05, 0.1) is 38.5 Å². The molecule has 260 valence electrons. The molecule has 1 aliphatic carbocycles. The van der Waals surface area contributed by atoms with Crippen molar-refractivity contribution in [1.29, 1.82) is 0 Å². The van der Waals surface area contributed by atoms with E-state index < -0.39 is 28.5 Å². The molecule has 0 unspecified atom stereocenters. The lowest BCUT2D eigenvalue weighted by molar-refractivity contribution is -0.140. The maximum absolute atomic E-state index is 14.5. The first kappa shape index (κ1) is 36.4. The van der Waals surface area contributed by atoms with E-state index in [2.05, 4.69) is 5.32 Å². The average molecular weight is 682 g/mol. The minimum atomic E-state index is -4.33. The van der Waals surface area contributed by atoms with E-state index in [0.717, 1.165) is 42.0 Å². The van der Waals surface area contributed by atoms with Crippen LogP contribution in [-0.2, 0) is 26.2 Å². The molecular formula is C36H47N3O8S. The maximum Gasteiger partial charge on any atom is 0.264 e. The summed E-state index contributed by atoms with van der Waals surface area (Å²) in [4.78, 5) is 29.6. The Bertz CT molecular complexity index is 1610. The summed E-state index contributed by atoms with van der Waals surface area (Å²) in [7, 11) is 0.121. The van der Waals surface area contributed by atoms with Gasteiger partial charge in [-0.25, -0.2) is 8.42 Å². The third-order valence-corrected chi connectivity index (χ3v) is 10.3. The molecule has 1 fully saturated rings. The van der Waals surface area contributed by atoms with Crippen molar-refractivity contribution in [2.24, 2.45) is 0 Å². The topological polar surface area (TPSA) is 124 Å². The Labute approximate surface area is 284 Å². The third-order valence-electron chi connectivity index (χ3n) is 8.51. The predicted molar refractivity (Wildman–Crippen MR) is 184 cm³/mol. The molecule has 12 heteroatoms. The van der Waals surface area contributed by atoms with E-state index in [1.54, 1.807) is 43.5 Å². The minimum Gasteiger partial charge on any atom is -0.497 e. The predicted octanol–water partition coefficient (Wildman–Crippen LogP) is 5.56. The van der Waals surface area contributed by atoms with Gasteiger partial charge in [-0.1, -0.05) is 38.3 Å². The summed E-state index contributed by atoms with van der Waals surface area (Å²) in [6, 6.07) is 17.2. The highest BCUT2D eigenvalue weighted by atomic mass is 32.2. The Morgan fingerprint density at radius 1 is 0.833 bits per heavy atom. The normalized spacial score (nSPS) is 14.0. The summed E-state index contributed by atoms with van der Waals surface area (Å²) in [5, 5.41) is 3.17. The maximum atomic E-state index is 14.5. The second-order valence-electron chi connectivity index (χ2n) is 11.6. The number of hydrogen-bond donors (Lipinski definition) is 1. The second-order valence-corrected chi connectivity index (χ2v) is 13.5. The zero-order chi connectivity index (χ0) is 34.7. The van der Waals surface area contributed by atoms with Gasteiger partial charge in [-0.05, 0) is 80.3 Å². The van der Waals surface area contributed by atoms with Crippen molar-refractivity contribution in [2.45, 2.75) is 75.9 Å². The van der Waals surface area contributed by atoms with Crippen LogP contribution in [0.15, 0.2) is 71.6 Å². The highest BCUT2D eigenvalue weighted by molar-refractivity contribution is 7.92. The van der Waals surface area contributed by atoms with Gasteiger partial charge < -0.3 is 29.2 Å². The molecule has 1 aliphatic rings. The number of hydrogen-bond acceptors (Lipinski definition) is 8. The Balaban J connectivity index is 1.74. The van der Waals surface area contributed by atoms with Crippen LogP contribution in [0.1, 0.15) is 57.9 Å². The smallest absolute Gasteiger partial charge is 0.264 e. The van der Waals surface area contributed by atoms with Crippen LogP contribution in [-0.4, -0.2) is 71.7 Å². The molecular weight excluding hydrogens is 634 g/mol. The molecule has 1 N–H and O–H groups in total. The zero-order valence-corrected chi connectivity index (χ0v) is 29.3. The van der Waals surface area contributed by atoms with E-state index in [1.807, 2.05) is 26.0 Å². The summed E-state index contributed by atoms with van der Waals surface area (Å²) in [5.41, 5.74) is 1.02. The largest absolute Gasteiger partial charge is 0.497 e. The van der Waals surface area contributed by atoms with E-state index >= 15 is 0 Å². The molecule has 0 radical (unpaired) electrons. The second kappa shape index (κ2) is 17.1. The van der Waals surface area contributed by atoms with Gasteiger partial charge >= 0.3 is 0 Å². The van der Waals surface area contributed by atoms with Crippen LogP contribution in [0.2, 0.25) is 0 Å². The number of sulfonamides is 1. The molecule has 0 aromatic heterocycles. The quantitative estimate of drug-likeness (QED) is 0.209. The van der Waals surface area contributed by atoms with Crippen molar-refractivity contribution >= 4 is 27.5 Å². The van der Waals surface area contributed by atoms with E-state index in [4.69, 9.17) is 18.9 Å². The summed E-state index contributed by atoms with van der Waals surface area (Å²) in [6.45, 7) is 3.67. The number of methoxy groups -OCH3 is 3. The van der Waals surface area contributed by atoms with Gasteiger partial charge in [-0.15, -0.1) is 0 Å². The SMILES string of the molecule is CCOc1ccc(N(CC(=O)N(Cc2ccc(OC)cc2)[C@@H](CC)C(=O)NC2CCCCC2)S(=O)(=O)c2ccc(OC)c(OC)c2)cc1. The number of benzene rings is 3. The molecule has 3 aromatic carbocycles. The van der Waals surface area contributed by atoms with Crippen molar-refractivity contribution in [2.75, 3.05) is 38.8 Å². The van der Waals surface area contributed by atoms with Gasteiger partial charge in [0.25, 0.3) is 10.0 Å². The summed E-state index contributed by atoms with van der Waals surface area (Å²) >= 11 is 0. The Morgan fingerprint density at radius 2 is 1.48 bits per heavy atom. The first-order chi connectivity index (χ1) is 23.1. The van der Waals surface area contributed by atoms with Gasteiger partial charge in [0.2, 0.25) is 11.8 Å². The third kappa shape index (κ3) is 8.91. The van der Waals surface area contributed by atoms with Gasteiger partial charge in [-0.2, -0.15) is 0 Å². The van der Waals surface area contributed by atoms with Gasteiger partial charge in [0.1, 0.15) is 24.1 Å². The highest BCUT2D eigenvalue weighted by Gasteiger charge is 2.35. The molecule has 2 amide bonds. The van der Waals surface area contributed by atoms with Crippen LogP contribution < -0.4 is 28.6 Å². The molecule has 0 saturated heterocycles. The van der Waals surface area contributed by atoms with Crippen LogP contribution in [0, 0.1) is 0 Å². The molecule has 4 rings (SSSR count). The van der Waals surface area contributed by atoms with E-state index in [9.17, 15) is 18.0 Å². The van der Waals surface area contributed by atoms with Crippen LogP contribution >= 0.6 is 0 Å². The first-order valence-corrected chi connectivity index (χ1v) is 17.8. The highest BCUT2D eigenvalue weighted by Crippen LogP contribution is 2.33. The fourth-order valence-corrected chi connectivity index (χ4v) is 7.33. The van der Waals surface area contributed by atoms with Crippen LogP contribution in [0.4, 0.5) is 5.69 Å². The van der Waals surface area contributed by atoms with Crippen LogP contribution in [0.25, 0.3) is 0 Å². The standard InChI is InChI=1S/C36H47N3O8S/c1-6-32(36(41)37-27-11-9-8-10-12-27)38(24-26-13-17-29(44-3)18-14-26)35(40)25-39(28-15-19-30(20-16-28)47-7-2)48(42,43)31-21-22-33(45-4)34(23-31)46-5/h13-23,27,32H,6-12,24-25H2,1-5H3,(H,37,41)/t32-/m0/s1. The lowest BCUT2D eigenvalue weighted by atomic mass is 9.95. The van der Waals surface area contributed by atoms with Gasteiger partial charge in [0, 0.05) is 18.7 Å². The number of rotatable bonds is 16. The molecule has 0 spiro atoms. The Kier molecular flexibility index (Phi) is 13.0. The van der Waals surface area contributed by atoms with Crippen molar-refractivity contribution in [1.82, 2.24) is 10.2 Å². The van der Waals surface area contributed by atoms with Crippen molar-refractivity contribution in [3.8, 4) is 23.0 Å². The summed E-state index contributed by atoms with van der Waals surface area (Å²) in [6.07, 6.45) is 5.35. The van der Waals surface area contributed by atoms with Crippen LogP contribution in [0.3, 0.4) is 0 Å². The molecule has 0 heterocycles. The first-order valence-electron chi connectivity index (χ1n) is 16.4. The number of anilines is 1. The fraction of sp³-hybridized carbons (Fsp3) is 0.444. The Morgan fingerprint density at radius 3 is 2.06 bits per heavy atom. The fourth-order valence-electron chi connectivity index (χ4n) is 5.90. The Hall–Kier alpha value is -4.45. The van der Waals surface area contributed by atoms with E-state index in [1.165, 1.54) is 37.3 Å². The lowest BCUT2D eigenvalue weighted by Gasteiger charge is -2.34. The molecule has 48 heavy (non-hydrogen) atoms. The van der Waals surface area contributed by atoms with Crippen LogP contribution in [0.5, 0.6) is 23.0 Å². The minimum absolute atomic E-state index is 0.0454. The van der Waals surface area contributed by atoms with E-state index in [0.29, 0.717) is 30.3 Å². The van der Waals surface area contributed by atoms with Crippen molar-refractivity contribution in [3.05, 3.63) is 72.3 Å². The average Bonchev–Trinajstić information content (AvgIpc) is 3.11. The number of nitrogens with zero attached hydrogens (tertiary/aromatic N) is 2. The summed E-state index contributed by atoms with van der Waals surface area (Å²) in [5.74, 6) is 1.02. The lowest BCUT2D eigenvalue weighted by Crippen LogP contribution is -2.54. The van der Waals surface area contributed by atoms with Gasteiger partial charge in [-0.3, -0.25) is 13.9 Å². The van der Waals surface area contributed by atoms with Gasteiger partial charge in [0.15, 0.2) is 11.5 Å². The number of nitrogens with one attached hydrogen (secondary N) is 1. The summed E-state index contributed by atoms with van der Waals surface area (Å²) < 4.78 is 51.4. The number of amides is 2. The molecule has 0 aliphatic heterocycles. The number of carbonyl (C=O) groups is 2. The van der Waals surface area contributed by atoms with Crippen molar-refractivity contribution < 1.29 is 37.0 Å². The van der Waals surface area contributed by atoms with Crippen molar-refractivity contribution in [3.63, 3.8) is 0 Å². The molecule has 3 aromatic rings. The van der Waals surface area contributed by atoms with E-state index in [-0.39, 0.29) is 34.8 Å². The molecule has 0 bridgehead atoms. The molecule has 1 saturated carbocycles. The number of carbonyl (C=O) groups excluding carboxylic acids is 2. The number of ether oxygens (including phenoxy) is 4. The molecule has 11 nitrogen and oxygen atoms in total. The molecule has 1 atom stereocenters. The monoisotopic (exact) mass is 681 g/mol. The zero-order valence-electron chi connectivity index (χ0n) is 28.4.